The molecule has 0 amide bonds. The molecule has 0 radical (unpaired) electrons. The smallest absolute Gasteiger partial charge is 0.116 e. The standard InChI is InChI=1S/C14H22N2O/c1-3-16-12(5-4-8-15-2)9-11-10-13(17)6-7-14(11)16/h6-7,10,12,15,17H,3-5,8-9H2,1-2H3. The molecule has 1 aliphatic rings. The van der Waals surface area contributed by atoms with Gasteiger partial charge in [-0.05, 0) is 63.5 Å². The van der Waals surface area contributed by atoms with E-state index in [0.717, 1.165) is 19.5 Å². The quantitative estimate of drug-likeness (QED) is 0.766. The van der Waals surface area contributed by atoms with E-state index in [0.29, 0.717) is 11.8 Å². The van der Waals surface area contributed by atoms with Crippen molar-refractivity contribution in [2.45, 2.75) is 32.2 Å². The minimum Gasteiger partial charge on any atom is -0.508 e. The van der Waals surface area contributed by atoms with Gasteiger partial charge in [0.05, 0.1) is 0 Å². The number of aromatic hydroxyl groups is 1. The summed E-state index contributed by atoms with van der Waals surface area (Å²) in [7, 11) is 2.00. The van der Waals surface area contributed by atoms with Crippen molar-refractivity contribution in [1.29, 1.82) is 0 Å². The van der Waals surface area contributed by atoms with Gasteiger partial charge in [-0.25, -0.2) is 0 Å². The Labute approximate surface area is 103 Å². The van der Waals surface area contributed by atoms with Gasteiger partial charge < -0.3 is 15.3 Å². The molecule has 2 N–H and O–H groups in total. The average molecular weight is 234 g/mol. The highest BCUT2D eigenvalue weighted by atomic mass is 16.3. The van der Waals surface area contributed by atoms with Crippen LogP contribution in [0.25, 0.3) is 0 Å². The van der Waals surface area contributed by atoms with E-state index in [1.165, 1.54) is 24.1 Å². The lowest BCUT2D eigenvalue weighted by Gasteiger charge is -2.26. The Morgan fingerprint density at radius 3 is 3.00 bits per heavy atom. The van der Waals surface area contributed by atoms with Crippen LogP contribution in [0.15, 0.2) is 18.2 Å². The molecule has 1 unspecified atom stereocenters. The summed E-state index contributed by atoms with van der Waals surface area (Å²) in [5.74, 6) is 0.385. The van der Waals surface area contributed by atoms with Gasteiger partial charge in [-0.2, -0.15) is 0 Å². The van der Waals surface area contributed by atoms with Gasteiger partial charge in [0.15, 0.2) is 0 Å². The second-order valence-corrected chi connectivity index (χ2v) is 4.70. The van der Waals surface area contributed by atoms with Crippen molar-refractivity contribution in [3.05, 3.63) is 23.8 Å². The van der Waals surface area contributed by atoms with Gasteiger partial charge in [0.2, 0.25) is 0 Å². The molecule has 94 valence electrons. The van der Waals surface area contributed by atoms with Gasteiger partial charge in [0.1, 0.15) is 5.75 Å². The molecule has 0 saturated carbocycles. The number of fused-ring (bicyclic) bond motifs is 1. The zero-order valence-corrected chi connectivity index (χ0v) is 10.7. The van der Waals surface area contributed by atoms with E-state index in [1.54, 1.807) is 6.07 Å². The highest BCUT2D eigenvalue weighted by Gasteiger charge is 2.27. The van der Waals surface area contributed by atoms with Crippen LogP contribution in [0.3, 0.4) is 0 Å². The molecule has 0 bridgehead atoms. The van der Waals surface area contributed by atoms with Crippen molar-refractivity contribution < 1.29 is 5.11 Å². The monoisotopic (exact) mass is 234 g/mol. The summed E-state index contributed by atoms with van der Waals surface area (Å²) >= 11 is 0. The highest BCUT2D eigenvalue weighted by molar-refractivity contribution is 5.61. The molecule has 1 heterocycles. The number of hydrogen-bond donors (Lipinski definition) is 2. The van der Waals surface area contributed by atoms with Crippen LogP contribution in [0.2, 0.25) is 0 Å². The Kier molecular flexibility index (Phi) is 3.89. The summed E-state index contributed by atoms with van der Waals surface area (Å²) in [6.45, 7) is 4.32. The number of anilines is 1. The minimum atomic E-state index is 0.385. The van der Waals surface area contributed by atoms with Crippen molar-refractivity contribution in [2.24, 2.45) is 0 Å². The average Bonchev–Trinajstić information content (AvgIpc) is 2.66. The Morgan fingerprint density at radius 1 is 1.47 bits per heavy atom. The van der Waals surface area contributed by atoms with Crippen molar-refractivity contribution in [3.63, 3.8) is 0 Å². The van der Waals surface area contributed by atoms with Crippen LogP contribution < -0.4 is 10.2 Å². The molecule has 1 aliphatic heterocycles. The maximum Gasteiger partial charge on any atom is 0.116 e. The van der Waals surface area contributed by atoms with Crippen LogP contribution in [0.4, 0.5) is 5.69 Å². The van der Waals surface area contributed by atoms with Gasteiger partial charge >= 0.3 is 0 Å². The Balaban J connectivity index is 2.08. The number of phenols is 1. The number of nitrogens with one attached hydrogen (secondary N) is 1. The van der Waals surface area contributed by atoms with E-state index >= 15 is 0 Å². The van der Waals surface area contributed by atoms with E-state index in [9.17, 15) is 5.11 Å². The topological polar surface area (TPSA) is 35.5 Å². The van der Waals surface area contributed by atoms with Gasteiger partial charge in [0.25, 0.3) is 0 Å². The zero-order valence-electron chi connectivity index (χ0n) is 10.7. The molecule has 3 heteroatoms. The molecule has 1 atom stereocenters. The fraction of sp³-hybridized carbons (Fsp3) is 0.571. The first-order chi connectivity index (χ1) is 8.26. The number of hydrogen-bond acceptors (Lipinski definition) is 3. The Bertz CT molecular complexity index is 378. The van der Waals surface area contributed by atoms with Crippen molar-refractivity contribution in [2.75, 3.05) is 25.0 Å². The minimum absolute atomic E-state index is 0.385. The molecule has 0 aliphatic carbocycles. The van der Waals surface area contributed by atoms with E-state index in [2.05, 4.69) is 17.1 Å². The summed E-state index contributed by atoms with van der Waals surface area (Å²) in [5, 5.41) is 12.7. The van der Waals surface area contributed by atoms with Crippen LogP contribution in [0.5, 0.6) is 5.75 Å². The number of nitrogens with zero attached hydrogens (tertiary/aromatic N) is 1. The molecule has 1 aromatic rings. The fourth-order valence-electron chi connectivity index (χ4n) is 2.78. The maximum absolute atomic E-state index is 9.53. The second kappa shape index (κ2) is 5.41. The molecule has 2 rings (SSSR count). The molecule has 0 aromatic heterocycles. The second-order valence-electron chi connectivity index (χ2n) is 4.70. The SMILES string of the molecule is CCN1c2ccc(O)cc2CC1CCCNC. The lowest BCUT2D eigenvalue weighted by Crippen LogP contribution is -2.32. The fourth-order valence-corrected chi connectivity index (χ4v) is 2.78. The highest BCUT2D eigenvalue weighted by Crippen LogP contribution is 2.35. The van der Waals surface area contributed by atoms with Crippen LogP contribution in [-0.4, -0.2) is 31.3 Å². The van der Waals surface area contributed by atoms with Crippen LogP contribution in [0, 0.1) is 0 Å². The van der Waals surface area contributed by atoms with Crippen LogP contribution >= 0.6 is 0 Å². The van der Waals surface area contributed by atoms with Gasteiger partial charge in [0, 0.05) is 18.3 Å². The largest absolute Gasteiger partial charge is 0.508 e. The van der Waals surface area contributed by atoms with E-state index in [4.69, 9.17) is 0 Å². The maximum atomic E-state index is 9.53. The molecule has 0 saturated heterocycles. The van der Waals surface area contributed by atoms with Crippen molar-refractivity contribution in [1.82, 2.24) is 5.32 Å². The number of likely N-dealkylation sites (N-methyl/N-ethyl adjacent to an activating group) is 1. The molecule has 1 aromatic carbocycles. The third-order valence-electron chi connectivity index (χ3n) is 3.57. The predicted molar refractivity (Wildman–Crippen MR) is 71.8 cm³/mol. The third-order valence-corrected chi connectivity index (χ3v) is 3.57. The molecule has 3 nitrogen and oxygen atoms in total. The van der Waals surface area contributed by atoms with Crippen LogP contribution in [0.1, 0.15) is 25.3 Å². The van der Waals surface area contributed by atoms with E-state index in [1.807, 2.05) is 19.2 Å². The molecule has 0 spiro atoms. The lowest BCUT2D eigenvalue weighted by molar-refractivity contribution is 0.474. The van der Waals surface area contributed by atoms with Gasteiger partial charge in [-0.3, -0.25) is 0 Å². The summed E-state index contributed by atoms with van der Waals surface area (Å²) < 4.78 is 0. The number of rotatable bonds is 5. The normalized spacial score (nSPS) is 18.5. The molecule has 0 fully saturated rings. The lowest BCUT2D eigenvalue weighted by atomic mass is 10.1. The summed E-state index contributed by atoms with van der Waals surface area (Å²) in [5.41, 5.74) is 2.60. The number of phenolic OH excluding ortho intramolecular Hbond substituents is 1. The molecular formula is C14H22N2O. The zero-order chi connectivity index (χ0) is 12.3. The summed E-state index contributed by atoms with van der Waals surface area (Å²) in [4.78, 5) is 2.46. The van der Waals surface area contributed by atoms with E-state index < -0.39 is 0 Å². The Morgan fingerprint density at radius 2 is 2.29 bits per heavy atom. The van der Waals surface area contributed by atoms with Gasteiger partial charge in [-0.15, -0.1) is 0 Å². The van der Waals surface area contributed by atoms with Gasteiger partial charge in [-0.1, -0.05) is 0 Å². The Hall–Kier alpha value is -1.22. The molecular weight excluding hydrogens is 212 g/mol. The first-order valence-corrected chi connectivity index (χ1v) is 6.49. The summed E-state index contributed by atoms with van der Waals surface area (Å²) in [6, 6.07) is 6.35. The predicted octanol–water partition coefficient (Wildman–Crippen LogP) is 2.14. The molecule has 17 heavy (non-hydrogen) atoms. The van der Waals surface area contributed by atoms with Crippen molar-refractivity contribution >= 4 is 5.69 Å². The third kappa shape index (κ3) is 2.55. The number of benzene rings is 1. The van der Waals surface area contributed by atoms with Crippen LogP contribution in [-0.2, 0) is 6.42 Å². The van der Waals surface area contributed by atoms with E-state index in [-0.39, 0.29) is 0 Å². The first kappa shape index (κ1) is 12.2. The first-order valence-electron chi connectivity index (χ1n) is 6.49. The summed E-state index contributed by atoms with van der Waals surface area (Å²) in [6.07, 6.45) is 3.49. The van der Waals surface area contributed by atoms with Crippen molar-refractivity contribution in [3.8, 4) is 5.75 Å².